The summed E-state index contributed by atoms with van der Waals surface area (Å²) >= 11 is 1.40. The van der Waals surface area contributed by atoms with Crippen LogP contribution in [0.15, 0.2) is 47.4 Å². The van der Waals surface area contributed by atoms with Crippen molar-refractivity contribution in [2.24, 2.45) is 0 Å². The summed E-state index contributed by atoms with van der Waals surface area (Å²) in [6, 6.07) is 11.8. The summed E-state index contributed by atoms with van der Waals surface area (Å²) in [5.41, 5.74) is 1.08. The number of ether oxygens (including phenoxy) is 2. The first-order chi connectivity index (χ1) is 14.8. The first kappa shape index (κ1) is 21.7. The van der Waals surface area contributed by atoms with Gasteiger partial charge in [-0.2, -0.15) is 0 Å². The molecule has 2 heterocycles. The number of hydrogen-bond acceptors (Lipinski definition) is 7. The van der Waals surface area contributed by atoms with Crippen LogP contribution in [0, 0.1) is 0 Å². The molecule has 1 saturated heterocycles. The Morgan fingerprint density at radius 1 is 1.29 bits per heavy atom. The van der Waals surface area contributed by atoms with Crippen molar-refractivity contribution in [1.29, 1.82) is 0 Å². The molecule has 164 valence electrons. The topological polar surface area (TPSA) is 85.8 Å². The van der Waals surface area contributed by atoms with E-state index in [-0.39, 0.29) is 16.9 Å². The van der Waals surface area contributed by atoms with Crippen molar-refractivity contribution in [2.75, 3.05) is 30.9 Å². The number of benzene rings is 2. The lowest BCUT2D eigenvalue weighted by Gasteiger charge is -2.23. The van der Waals surface area contributed by atoms with E-state index in [2.05, 4.69) is 4.98 Å². The summed E-state index contributed by atoms with van der Waals surface area (Å²) in [7, 11) is -3.42. The van der Waals surface area contributed by atoms with Gasteiger partial charge in [0, 0.05) is 18.4 Å². The number of anilines is 1. The predicted octanol–water partition coefficient (Wildman–Crippen LogP) is 3.92. The highest BCUT2D eigenvalue weighted by Crippen LogP contribution is 2.33. The number of hydrogen-bond donors (Lipinski definition) is 0. The third-order valence-electron chi connectivity index (χ3n) is 5.06. The van der Waals surface area contributed by atoms with Gasteiger partial charge in [-0.15, -0.1) is 0 Å². The van der Waals surface area contributed by atoms with Gasteiger partial charge in [-0.25, -0.2) is 13.4 Å². The van der Waals surface area contributed by atoms with Crippen LogP contribution in [-0.2, 0) is 14.6 Å². The molecule has 0 aliphatic carbocycles. The largest absolute Gasteiger partial charge is 0.494 e. The maximum atomic E-state index is 13.5. The molecule has 3 aromatic rings. The summed E-state index contributed by atoms with van der Waals surface area (Å²) in [6.07, 6.45) is 2.87. The highest BCUT2D eigenvalue weighted by Gasteiger charge is 2.27. The Bertz CT molecular complexity index is 1200. The Morgan fingerprint density at radius 3 is 2.84 bits per heavy atom. The number of carbonyl (C=O) groups is 1. The molecule has 1 aliphatic heterocycles. The molecule has 0 saturated carbocycles. The average Bonchev–Trinajstić information content (AvgIpc) is 3.40. The monoisotopic (exact) mass is 460 g/mol. The molecule has 31 heavy (non-hydrogen) atoms. The van der Waals surface area contributed by atoms with Gasteiger partial charge in [0.15, 0.2) is 15.0 Å². The fraction of sp³-hybridized carbons (Fsp3) is 0.364. The Balaban J connectivity index is 1.72. The lowest BCUT2D eigenvalue weighted by Crippen LogP contribution is -2.37. The molecule has 1 aromatic heterocycles. The quantitative estimate of drug-likeness (QED) is 0.531. The van der Waals surface area contributed by atoms with E-state index in [1.54, 1.807) is 17.0 Å². The molecule has 1 unspecified atom stereocenters. The van der Waals surface area contributed by atoms with Crippen molar-refractivity contribution in [3.05, 3.63) is 48.0 Å². The predicted molar refractivity (Wildman–Crippen MR) is 121 cm³/mol. The smallest absolute Gasteiger partial charge is 0.260 e. The molecule has 1 aliphatic rings. The van der Waals surface area contributed by atoms with E-state index >= 15 is 0 Å². The lowest BCUT2D eigenvalue weighted by molar-refractivity contribution is 0.0917. The highest BCUT2D eigenvalue weighted by atomic mass is 32.2. The van der Waals surface area contributed by atoms with E-state index < -0.39 is 9.84 Å². The number of rotatable bonds is 7. The van der Waals surface area contributed by atoms with Crippen molar-refractivity contribution >= 4 is 42.4 Å². The minimum absolute atomic E-state index is 0.0759. The molecule has 2 aromatic carbocycles. The van der Waals surface area contributed by atoms with E-state index in [1.165, 1.54) is 23.5 Å². The maximum Gasteiger partial charge on any atom is 0.260 e. The van der Waals surface area contributed by atoms with Crippen LogP contribution in [0.1, 0.15) is 30.1 Å². The van der Waals surface area contributed by atoms with Crippen LogP contribution < -0.4 is 9.64 Å². The van der Waals surface area contributed by atoms with E-state index in [4.69, 9.17) is 9.47 Å². The standard InChI is InChI=1S/C22H24N2O5S2/c1-3-28-16-9-10-19-20(13-16)30-22(23-19)24(14-17-7-5-11-29-17)21(25)15-6-4-8-18(12-15)31(2,26)27/h4,6,8-10,12-13,17H,3,5,7,11,14H2,1-2H3. The summed E-state index contributed by atoms with van der Waals surface area (Å²) < 4.78 is 36.2. The van der Waals surface area contributed by atoms with Crippen LogP contribution >= 0.6 is 11.3 Å². The fourth-order valence-electron chi connectivity index (χ4n) is 3.52. The van der Waals surface area contributed by atoms with Crippen molar-refractivity contribution in [2.45, 2.75) is 30.8 Å². The van der Waals surface area contributed by atoms with Crippen LogP contribution in [0.5, 0.6) is 5.75 Å². The number of fused-ring (bicyclic) bond motifs is 1. The van der Waals surface area contributed by atoms with Gasteiger partial charge < -0.3 is 9.47 Å². The molecule has 0 spiro atoms. The molecule has 9 heteroatoms. The van der Waals surface area contributed by atoms with Gasteiger partial charge in [0.2, 0.25) is 0 Å². The second-order valence-electron chi connectivity index (χ2n) is 7.41. The molecular weight excluding hydrogens is 436 g/mol. The van der Waals surface area contributed by atoms with Gasteiger partial charge in [-0.05, 0) is 56.2 Å². The van der Waals surface area contributed by atoms with Crippen LogP contribution in [0.3, 0.4) is 0 Å². The Hall–Kier alpha value is -2.49. The number of carbonyl (C=O) groups excluding carboxylic acids is 1. The van der Waals surface area contributed by atoms with Crippen molar-refractivity contribution in [1.82, 2.24) is 4.98 Å². The normalized spacial score (nSPS) is 16.5. The molecule has 0 N–H and O–H groups in total. The lowest BCUT2D eigenvalue weighted by atomic mass is 10.2. The van der Waals surface area contributed by atoms with Gasteiger partial charge >= 0.3 is 0 Å². The Kier molecular flexibility index (Phi) is 6.27. The third kappa shape index (κ3) is 4.89. The van der Waals surface area contributed by atoms with Gasteiger partial charge in [0.05, 0.1) is 34.4 Å². The molecule has 1 atom stereocenters. The Labute approximate surface area is 185 Å². The SMILES string of the molecule is CCOc1ccc2nc(N(CC3CCCO3)C(=O)c3cccc(S(C)(=O)=O)c3)sc2c1. The summed E-state index contributed by atoms with van der Waals surface area (Å²) in [5.74, 6) is 0.452. The molecule has 1 amide bonds. The van der Waals surface area contributed by atoms with Crippen LogP contribution in [0.2, 0.25) is 0 Å². The molecule has 0 bridgehead atoms. The fourth-order valence-corrected chi connectivity index (χ4v) is 5.19. The maximum absolute atomic E-state index is 13.5. The zero-order valence-corrected chi connectivity index (χ0v) is 19.0. The van der Waals surface area contributed by atoms with Gasteiger partial charge in [-0.1, -0.05) is 17.4 Å². The third-order valence-corrected chi connectivity index (χ3v) is 7.21. The highest BCUT2D eigenvalue weighted by molar-refractivity contribution is 7.90. The second kappa shape index (κ2) is 8.94. The molecule has 1 fully saturated rings. The van der Waals surface area contributed by atoms with E-state index in [0.717, 1.165) is 35.1 Å². The number of sulfone groups is 1. The number of nitrogens with zero attached hydrogens (tertiary/aromatic N) is 2. The van der Waals surface area contributed by atoms with Crippen LogP contribution in [0.4, 0.5) is 5.13 Å². The number of aromatic nitrogens is 1. The van der Waals surface area contributed by atoms with Crippen LogP contribution in [-0.4, -0.2) is 51.4 Å². The van der Waals surface area contributed by atoms with E-state index in [0.29, 0.717) is 30.5 Å². The molecule has 4 rings (SSSR count). The van der Waals surface area contributed by atoms with Gasteiger partial charge in [0.25, 0.3) is 5.91 Å². The van der Waals surface area contributed by atoms with Crippen molar-refractivity contribution < 1.29 is 22.7 Å². The first-order valence-corrected chi connectivity index (χ1v) is 12.8. The summed E-state index contributed by atoms with van der Waals surface area (Å²) in [5, 5.41) is 0.550. The van der Waals surface area contributed by atoms with Gasteiger partial charge in [0.1, 0.15) is 5.75 Å². The molecular formula is C22H24N2O5S2. The molecule has 0 radical (unpaired) electrons. The van der Waals surface area contributed by atoms with E-state index in [9.17, 15) is 13.2 Å². The van der Waals surface area contributed by atoms with E-state index in [1.807, 2.05) is 25.1 Å². The summed E-state index contributed by atoms with van der Waals surface area (Å²) in [4.78, 5) is 19.9. The zero-order chi connectivity index (χ0) is 22.0. The molecule has 7 nitrogen and oxygen atoms in total. The minimum atomic E-state index is -3.42. The number of amides is 1. The van der Waals surface area contributed by atoms with Crippen LogP contribution in [0.25, 0.3) is 10.2 Å². The second-order valence-corrected chi connectivity index (χ2v) is 10.4. The zero-order valence-electron chi connectivity index (χ0n) is 17.4. The average molecular weight is 461 g/mol. The summed E-state index contributed by atoms with van der Waals surface area (Å²) in [6.45, 7) is 3.53. The van der Waals surface area contributed by atoms with Gasteiger partial charge in [-0.3, -0.25) is 9.69 Å². The minimum Gasteiger partial charge on any atom is -0.494 e. The van der Waals surface area contributed by atoms with Crippen molar-refractivity contribution in [3.8, 4) is 5.75 Å². The number of thiazole rings is 1. The Morgan fingerprint density at radius 2 is 2.13 bits per heavy atom. The van der Waals surface area contributed by atoms with Crippen molar-refractivity contribution in [3.63, 3.8) is 0 Å². The first-order valence-electron chi connectivity index (χ1n) is 10.1.